The Labute approximate surface area is 95.4 Å². The molecular formula is C10H20N2O2S. The van der Waals surface area contributed by atoms with Gasteiger partial charge in [0.2, 0.25) is 5.91 Å². The Bertz CT molecular complexity index is 184. The number of thioether (sulfide) groups is 1. The van der Waals surface area contributed by atoms with Gasteiger partial charge in [-0.2, -0.15) is 11.8 Å². The van der Waals surface area contributed by atoms with Gasteiger partial charge in [-0.1, -0.05) is 0 Å². The summed E-state index contributed by atoms with van der Waals surface area (Å²) in [5.41, 5.74) is 0. The van der Waals surface area contributed by atoms with Crippen LogP contribution in [0.4, 0.5) is 0 Å². The van der Waals surface area contributed by atoms with Gasteiger partial charge in [0, 0.05) is 45.0 Å². The minimum absolute atomic E-state index is 0.249. The summed E-state index contributed by atoms with van der Waals surface area (Å²) in [6, 6.07) is 0. The van der Waals surface area contributed by atoms with Crippen LogP contribution < -0.4 is 5.32 Å². The normalized spacial score (nSPS) is 16.7. The largest absolute Gasteiger partial charge is 0.396 e. The molecule has 0 atom stereocenters. The molecule has 0 aromatic carbocycles. The molecule has 0 bridgehead atoms. The van der Waals surface area contributed by atoms with Gasteiger partial charge in [-0.05, 0) is 12.2 Å². The summed E-state index contributed by atoms with van der Waals surface area (Å²) < 4.78 is 0. The maximum atomic E-state index is 11.7. The number of hydrogen-bond acceptors (Lipinski definition) is 4. The molecular weight excluding hydrogens is 212 g/mol. The lowest BCUT2D eigenvalue weighted by Crippen LogP contribution is -2.46. The Balaban J connectivity index is 2.02. The van der Waals surface area contributed by atoms with E-state index in [1.807, 2.05) is 4.90 Å². The highest BCUT2D eigenvalue weighted by atomic mass is 32.2. The Morgan fingerprint density at radius 2 is 2.07 bits per heavy atom. The quantitative estimate of drug-likeness (QED) is 0.629. The molecule has 1 heterocycles. The number of aliphatic hydroxyl groups excluding tert-OH is 1. The van der Waals surface area contributed by atoms with Gasteiger partial charge in [-0.3, -0.25) is 4.79 Å². The van der Waals surface area contributed by atoms with Crippen molar-refractivity contribution < 1.29 is 9.90 Å². The average molecular weight is 232 g/mol. The minimum Gasteiger partial charge on any atom is -0.396 e. The first-order valence-corrected chi connectivity index (χ1v) is 6.67. The zero-order valence-electron chi connectivity index (χ0n) is 9.07. The lowest BCUT2D eigenvalue weighted by molar-refractivity contribution is -0.131. The summed E-state index contributed by atoms with van der Waals surface area (Å²) in [6.45, 7) is 3.78. The van der Waals surface area contributed by atoms with E-state index >= 15 is 0 Å². The van der Waals surface area contributed by atoms with Crippen LogP contribution in [0.3, 0.4) is 0 Å². The summed E-state index contributed by atoms with van der Waals surface area (Å²) in [5, 5.41) is 11.8. The Kier molecular flexibility index (Phi) is 6.80. The molecule has 1 aliphatic rings. The van der Waals surface area contributed by atoms with Crippen LogP contribution in [0.1, 0.15) is 12.8 Å². The first kappa shape index (κ1) is 12.8. The van der Waals surface area contributed by atoms with Gasteiger partial charge in [0.15, 0.2) is 0 Å². The summed E-state index contributed by atoms with van der Waals surface area (Å²) >= 11 is 1.75. The molecule has 1 rings (SSSR count). The predicted molar refractivity (Wildman–Crippen MR) is 63.1 cm³/mol. The van der Waals surface area contributed by atoms with Crippen LogP contribution in [0.15, 0.2) is 0 Å². The molecule has 0 saturated carbocycles. The topological polar surface area (TPSA) is 52.6 Å². The maximum absolute atomic E-state index is 11.7. The number of amides is 1. The number of nitrogens with zero attached hydrogens (tertiary/aromatic N) is 1. The number of aliphatic hydroxyl groups is 1. The van der Waals surface area contributed by atoms with Crippen molar-refractivity contribution in [2.24, 2.45) is 0 Å². The van der Waals surface area contributed by atoms with E-state index < -0.39 is 0 Å². The average Bonchev–Trinajstić information content (AvgIpc) is 2.30. The third-order valence-electron chi connectivity index (χ3n) is 2.38. The summed E-state index contributed by atoms with van der Waals surface area (Å²) in [4.78, 5) is 13.6. The van der Waals surface area contributed by atoms with Crippen LogP contribution >= 0.6 is 11.8 Å². The first-order valence-electron chi connectivity index (χ1n) is 5.51. The smallest absolute Gasteiger partial charge is 0.223 e. The summed E-state index contributed by atoms with van der Waals surface area (Å²) in [5.74, 6) is 2.10. The van der Waals surface area contributed by atoms with Crippen LogP contribution in [0, 0.1) is 0 Å². The molecule has 1 fully saturated rings. The van der Waals surface area contributed by atoms with Gasteiger partial charge in [0.25, 0.3) is 0 Å². The molecule has 0 aliphatic carbocycles. The van der Waals surface area contributed by atoms with Crippen molar-refractivity contribution in [3.63, 3.8) is 0 Å². The highest BCUT2D eigenvalue weighted by Crippen LogP contribution is 2.06. The van der Waals surface area contributed by atoms with E-state index in [4.69, 9.17) is 5.11 Å². The predicted octanol–water partition coefficient (Wildman–Crippen LogP) is -0.0761. The second-order valence-corrected chi connectivity index (χ2v) is 4.80. The standard InChI is InChI=1S/C10H20N2O2S/c13-7-1-8-15-9-2-10(14)12-5-3-11-4-6-12/h11,13H,1-9H2. The van der Waals surface area contributed by atoms with Crippen molar-refractivity contribution in [1.82, 2.24) is 10.2 Å². The van der Waals surface area contributed by atoms with Crippen molar-refractivity contribution in [2.75, 3.05) is 44.3 Å². The number of nitrogens with one attached hydrogen (secondary N) is 1. The van der Waals surface area contributed by atoms with E-state index in [-0.39, 0.29) is 12.5 Å². The SMILES string of the molecule is O=C(CCSCCCO)N1CCNCC1. The second-order valence-electron chi connectivity index (χ2n) is 3.57. The maximum Gasteiger partial charge on any atom is 0.223 e. The number of carbonyl (C=O) groups excluding carboxylic acids is 1. The molecule has 0 aromatic rings. The zero-order valence-corrected chi connectivity index (χ0v) is 9.89. The Morgan fingerprint density at radius 1 is 1.33 bits per heavy atom. The highest BCUT2D eigenvalue weighted by molar-refractivity contribution is 7.99. The monoisotopic (exact) mass is 232 g/mol. The van der Waals surface area contributed by atoms with E-state index in [1.54, 1.807) is 11.8 Å². The fourth-order valence-corrected chi connectivity index (χ4v) is 2.36. The molecule has 1 aliphatic heterocycles. The second kappa shape index (κ2) is 7.96. The van der Waals surface area contributed by atoms with Crippen molar-refractivity contribution in [3.8, 4) is 0 Å². The van der Waals surface area contributed by atoms with E-state index in [9.17, 15) is 4.79 Å². The van der Waals surface area contributed by atoms with Crippen LogP contribution in [0.2, 0.25) is 0 Å². The fourth-order valence-electron chi connectivity index (χ4n) is 1.50. The summed E-state index contributed by atoms with van der Waals surface area (Å²) in [7, 11) is 0. The Morgan fingerprint density at radius 3 is 2.73 bits per heavy atom. The molecule has 0 spiro atoms. The Hall–Kier alpha value is -0.260. The van der Waals surface area contributed by atoms with E-state index in [0.717, 1.165) is 44.1 Å². The van der Waals surface area contributed by atoms with Gasteiger partial charge < -0.3 is 15.3 Å². The van der Waals surface area contributed by atoms with E-state index in [2.05, 4.69) is 5.32 Å². The number of rotatable bonds is 6. The van der Waals surface area contributed by atoms with Crippen molar-refractivity contribution in [2.45, 2.75) is 12.8 Å². The molecule has 4 nitrogen and oxygen atoms in total. The fraction of sp³-hybridized carbons (Fsp3) is 0.900. The van der Waals surface area contributed by atoms with Gasteiger partial charge >= 0.3 is 0 Å². The molecule has 1 saturated heterocycles. The number of carbonyl (C=O) groups is 1. The van der Waals surface area contributed by atoms with Crippen LogP contribution in [-0.2, 0) is 4.79 Å². The molecule has 0 aromatic heterocycles. The molecule has 88 valence electrons. The van der Waals surface area contributed by atoms with E-state index in [0.29, 0.717) is 6.42 Å². The van der Waals surface area contributed by atoms with Crippen LogP contribution in [0.25, 0.3) is 0 Å². The molecule has 1 amide bonds. The molecule has 15 heavy (non-hydrogen) atoms. The van der Waals surface area contributed by atoms with Crippen molar-refractivity contribution >= 4 is 17.7 Å². The molecule has 5 heteroatoms. The van der Waals surface area contributed by atoms with E-state index in [1.165, 1.54) is 0 Å². The third kappa shape index (κ3) is 5.39. The van der Waals surface area contributed by atoms with Gasteiger partial charge in [-0.15, -0.1) is 0 Å². The van der Waals surface area contributed by atoms with Crippen LogP contribution in [0.5, 0.6) is 0 Å². The first-order chi connectivity index (χ1) is 7.34. The lowest BCUT2D eigenvalue weighted by atomic mass is 10.3. The molecule has 0 radical (unpaired) electrons. The van der Waals surface area contributed by atoms with Gasteiger partial charge in [-0.25, -0.2) is 0 Å². The minimum atomic E-state index is 0.249. The molecule has 2 N–H and O–H groups in total. The van der Waals surface area contributed by atoms with Crippen LogP contribution in [-0.4, -0.2) is 60.2 Å². The third-order valence-corrected chi connectivity index (χ3v) is 3.45. The molecule has 0 unspecified atom stereocenters. The number of hydrogen-bond donors (Lipinski definition) is 2. The van der Waals surface area contributed by atoms with Crippen molar-refractivity contribution in [3.05, 3.63) is 0 Å². The zero-order chi connectivity index (χ0) is 10.9. The van der Waals surface area contributed by atoms with Crippen molar-refractivity contribution in [1.29, 1.82) is 0 Å². The number of piperazine rings is 1. The van der Waals surface area contributed by atoms with Gasteiger partial charge in [0.05, 0.1) is 0 Å². The highest BCUT2D eigenvalue weighted by Gasteiger charge is 2.14. The van der Waals surface area contributed by atoms with Gasteiger partial charge in [0.1, 0.15) is 0 Å². The summed E-state index contributed by atoms with van der Waals surface area (Å²) in [6.07, 6.45) is 1.46. The lowest BCUT2D eigenvalue weighted by Gasteiger charge is -2.27.